The van der Waals surface area contributed by atoms with E-state index in [2.05, 4.69) is 6.07 Å². The van der Waals surface area contributed by atoms with E-state index in [0.29, 0.717) is 6.61 Å². The highest BCUT2D eigenvalue weighted by Crippen LogP contribution is 2.24. The Morgan fingerprint density at radius 2 is 2.12 bits per heavy atom. The molecule has 0 aromatic heterocycles. The highest BCUT2D eigenvalue weighted by molar-refractivity contribution is 5.68. The van der Waals surface area contributed by atoms with Crippen molar-refractivity contribution in [2.45, 2.75) is 26.2 Å². The van der Waals surface area contributed by atoms with Crippen LogP contribution in [-0.4, -0.2) is 24.8 Å². The molecule has 88 valence electrons. The van der Waals surface area contributed by atoms with E-state index in [-0.39, 0.29) is 12.3 Å². The molecule has 0 aliphatic heterocycles. The topological polar surface area (TPSA) is 46.5 Å². The van der Waals surface area contributed by atoms with E-state index in [9.17, 15) is 4.79 Å². The molecule has 0 fully saturated rings. The molecule has 0 saturated heterocycles. The van der Waals surface area contributed by atoms with Gasteiger partial charge in [0.1, 0.15) is 0 Å². The average molecular weight is 222 g/mol. The van der Waals surface area contributed by atoms with Gasteiger partial charge >= 0.3 is 5.97 Å². The van der Waals surface area contributed by atoms with Gasteiger partial charge in [0.05, 0.1) is 13.0 Å². The summed E-state index contributed by atoms with van der Waals surface area (Å²) in [5, 5.41) is 8.86. The van der Waals surface area contributed by atoms with E-state index in [1.807, 2.05) is 26.0 Å². The number of aryl methyl sites for hydroxylation is 2. The van der Waals surface area contributed by atoms with Crippen LogP contribution >= 0.6 is 0 Å². The second-order valence-electron chi connectivity index (χ2n) is 4.11. The van der Waals surface area contributed by atoms with Crippen LogP contribution in [-0.2, 0) is 9.53 Å². The Balaban J connectivity index is 2.95. The fourth-order valence-corrected chi connectivity index (χ4v) is 1.95. The fraction of sp³-hybridized carbons (Fsp3) is 0.462. The highest BCUT2D eigenvalue weighted by atomic mass is 16.5. The van der Waals surface area contributed by atoms with Crippen LogP contribution in [0.25, 0.3) is 0 Å². The van der Waals surface area contributed by atoms with Crippen molar-refractivity contribution < 1.29 is 14.6 Å². The maximum absolute atomic E-state index is 10.8. The molecule has 16 heavy (non-hydrogen) atoms. The van der Waals surface area contributed by atoms with Crippen molar-refractivity contribution in [3.05, 3.63) is 34.9 Å². The third kappa shape index (κ3) is 3.35. The minimum atomic E-state index is -0.790. The maximum Gasteiger partial charge on any atom is 0.304 e. The van der Waals surface area contributed by atoms with E-state index in [1.54, 1.807) is 7.11 Å². The van der Waals surface area contributed by atoms with Crippen LogP contribution < -0.4 is 0 Å². The number of rotatable bonds is 5. The lowest BCUT2D eigenvalue weighted by atomic mass is 9.92. The number of aliphatic carboxylic acids is 1. The van der Waals surface area contributed by atoms with E-state index < -0.39 is 5.97 Å². The van der Waals surface area contributed by atoms with Crippen molar-refractivity contribution in [1.29, 1.82) is 0 Å². The predicted molar refractivity (Wildman–Crippen MR) is 62.8 cm³/mol. The van der Waals surface area contributed by atoms with E-state index in [1.165, 1.54) is 5.56 Å². The lowest BCUT2D eigenvalue weighted by molar-refractivity contribution is -0.137. The Kier molecular flexibility index (Phi) is 4.50. The van der Waals surface area contributed by atoms with Crippen molar-refractivity contribution in [2.75, 3.05) is 13.7 Å². The van der Waals surface area contributed by atoms with Crippen LogP contribution in [0.15, 0.2) is 18.2 Å². The van der Waals surface area contributed by atoms with Crippen LogP contribution in [0.4, 0.5) is 0 Å². The predicted octanol–water partition coefficient (Wildman–Crippen LogP) is 2.51. The quantitative estimate of drug-likeness (QED) is 0.832. The van der Waals surface area contributed by atoms with Crippen molar-refractivity contribution >= 4 is 5.97 Å². The summed E-state index contributed by atoms with van der Waals surface area (Å²) in [6.07, 6.45) is 0.109. The zero-order valence-corrected chi connectivity index (χ0v) is 9.99. The molecule has 3 heteroatoms. The summed E-state index contributed by atoms with van der Waals surface area (Å²) in [4.78, 5) is 10.8. The summed E-state index contributed by atoms with van der Waals surface area (Å²) in [6.45, 7) is 4.47. The Labute approximate surface area is 96.1 Å². The van der Waals surface area contributed by atoms with E-state index in [4.69, 9.17) is 9.84 Å². The van der Waals surface area contributed by atoms with Gasteiger partial charge in [0.25, 0.3) is 0 Å². The summed E-state index contributed by atoms with van der Waals surface area (Å²) in [5.74, 6) is -0.856. The van der Waals surface area contributed by atoms with Crippen molar-refractivity contribution in [2.24, 2.45) is 0 Å². The number of benzene rings is 1. The number of carboxylic acid groups (broad SMARTS) is 1. The number of carboxylic acids is 1. The Hall–Kier alpha value is -1.35. The first kappa shape index (κ1) is 12.7. The first-order valence-electron chi connectivity index (χ1n) is 5.32. The van der Waals surface area contributed by atoms with Gasteiger partial charge in [-0.05, 0) is 25.0 Å². The molecule has 1 aromatic rings. The van der Waals surface area contributed by atoms with Crippen LogP contribution in [0, 0.1) is 13.8 Å². The van der Waals surface area contributed by atoms with Gasteiger partial charge in [-0.2, -0.15) is 0 Å². The second kappa shape index (κ2) is 5.66. The number of hydrogen-bond acceptors (Lipinski definition) is 2. The van der Waals surface area contributed by atoms with Crippen molar-refractivity contribution in [3.63, 3.8) is 0 Å². The SMILES string of the molecule is COCC(CC(=O)O)c1ccc(C)cc1C. The molecule has 0 saturated carbocycles. The molecule has 0 aliphatic rings. The maximum atomic E-state index is 10.8. The molecule has 1 atom stereocenters. The molecule has 0 bridgehead atoms. The van der Waals surface area contributed by atoms with Crippen LogP contribution in [0.5, 0.6) is 0 Å². The average Bonchev–Trinajstić information content (AvgIpc) is 2.16. The molecule has 0 radical (unpaired) electrons. The largest absolute Gasteiger partial charge is 0.481 e. The minimum absolute atomic E-state index is 0.0666. The summed E-state index contributed by atoms with van der Waals surface area (Å²) < 4.78 is 5.08. The summed E-state index contributed by atoms with van der Waals surface area (Å²) in [6, 6.07) is 6.07. The molecule has 0 spiro atoms. The molecule has 1 unspecified atom stereocenters. The number of methoxy groups -OCH3 is 1. The monoisotopic (exact) mass is 222 g/mol. The normalized spacial score (nSPS) is 12.4. The Morgan fingerprint density at radius 3 is 2.62 bits per heavy atom. The van der Waals surface area contributed by atoms with Crippen molar-refractivity contribution in [3.8, 4) is 0 Å². The smallest absolute Gasteiger partial charge is 0.304 e. The number of hydrogen-bond donors (Lipinski definition) is 1. The van der Waals surface area contributed by atoms with Gasteiger partial charge in [0.15, 0.2) is 0 Å². The van der Waals surface area contributed by atoms with Gasteiger partial charge in [-0.3, -0.25) is 4.79 Å². The second-order valence-corrected chi connectivity index (χ2v) is 4.11. The zero-order valence-electron chi connectivity index (χ0n) is 9.99. The van der Waals surface area contributed by atoms with Gasteiger partial charge in [-0.1, -0.05) is 23.8 Å². The molecule has 0 aliphatic carbocycles. The summed E-state index contributed by atoms with van der Waals surface area (Å²) >= 11 is 0. The van der Waals surface area contributed by atoms with Gasteiger partial charge in [-0.25, -0.2) is 0 Å². The summed E-state index contributed by atoms with van der Waals surface area (Å²) in [7, 11) is 1.60. The molecule has 1 N–H and O–H groups in total. The fourth-order valence-electron chi connectivity index (χ4n) is 1.95. The lowest BCUT2D eigenvalue weighted by Crippen LogP contribution is -2.13. The van der Waals surface area contributed by atoms with E-state index in [0.717, 1.165) is 11.1 Å². The van der Waals surface area contributed by atoms with Crippen LogP contribution in [0.2, 0.25) is 0 Å². The van der Waals surface area contributed by atoms with Crippen LogP contribution in [0.1, 0.15) is 29.0 Å². The molecular weight excluding hydrogens is 204 g/mol. The standard InChI is InChI=1S/C13H18O3/c1-9-4-5-12(10(2)6-9)11(8-16-3)7-13(14)15/h4-6,11H,7-8H2,1-3H3,(H,14,15). The molecule has 1 rings (SSSR count). The Morgan fingerprint density at radius 1 is 1.44 bits per heavy atom. The molecular formula is C13H18O3. The van der Waals surface area contributed by atoms with Gasteiger partial charge in [0, 0.05) is 13.0 Å². The van der Waals surface area contributed by atoms with Gasteiger partial charge < -0.3 is 9.84 Å². The van der Waals surface area contributed by atoms with Crippen molar-refractivity contribution in [1.82, 2.24) is 0 Å². The lowest BCUT2D eigenvalue weighted by Gasteiger charge is -2.17. The van der Waals surface area contributed by atoms with Gasteiger partial charge in [0.2, 0.25) is 0 Å². The number of carbonyl (C=O) groups is 1. The Bertz CT molecular complexity index is 371. The van der Waals surface area contributed by atoms with E-state index >= 15 is 0 Å². The summed E-state index contributed by atoms with van der Waals surface area (Å²) in [5.41, 5.74) is 3.38. The molecule has 0 heterocycles. The van der Waals surface area contributed by atoms with Gasteiger partial charge in [-0.15, -0.1) is 0 Å². The zero-order chi connectivity index (χ0) is 12.1. The third-order valence-corrected chi connectivity index (χ3v) is 2.65. The molecule has 1 aromatic carbocycles. The van der Waals surface area contributed by atoms with Crippen LogP contribution in [0.3, 0.4) is 0 Å². The first-order valence-corrected chi connectivity index (χ1v) is 5.32. The number of ether oxygens (including phenoxy) is 1. The molecule has 0 amide bonds. The highest BCUT2D eigenvalue weighted by Gasteiger charge is 2.17. The molecule has 3 nitrogen and oxygen atoms in total. The minimum Gasteiger partial charge on any atom is -0.481 e. The third-order valence-electron chi connectivity index (χ3n) is 2.65. The first-order chi connectivity index (χ1) is 7.54.